The van der Waals surface area contributed by atoms with Gasteiger partial charge in [-0.15, -0.1) is 0 Å². The average Bonchev–Trinajstić information content (AvgIpc) is 3.09. The molecule has 0 saturated carbocycles. The molecule has 0 saturated heterocycles. The number of halogens is 3. The van der Waals surface area contributed by atoms with E-state index in [1.165, 1.54) is 30.3 Å². The highest BCUT2D eigenvalue weighted by molar-refractivity contribution is 6.32. The van der Waals surface area contributed by atoms with E-state index in [1.807, 2.05) is 6.07 Å². The second-order valence-corrected chi connectivity index (χ2v) is 6.77. The zero-order valence-electron chi connectivity index (χ0n) is 14.7. The average molecular weight is 418 g/mol. The van der Waals surface area contributed by atoms with E-state index in [0.29, 0.717) is 5.69 Å². The Hall–Kier alpha value is -3.01. The Morgan fingerprint density at radius 3 is 2.75 bits per heavy atom. The van der Waals surface area contributed by atoms with E-state index in [-0.39, 0.29) is 45.1 Å². The van der Waals surface area contributed by atoms with Crippen LogP contribution in [0.2, 0.25) is 10.0 Å². The third kappa shape index (κ3) is 4.28. The summed E-state index contributed by atoms with van der Waals surface area (Å²) < 4.78 is 22.1. The van der Waals surface area contributed by atoms with E-state index in [4.69, 9.17) is 33.2 Å². The summed E-state index contributed by atoms with van der Waals surface area (Å²) in [5, 5.41) is 12.0. The molecule has 1 N–H and O–H groups in total. The zero-order chi connectivity index (χ0) is 20.3. The van der Waals surface area contributed by atoms with Crippen LogP contribution in [0.15, 0.2) is 48.7 Å². The second-order valence-electron chi connectivity index (χ2n) is 5.93. The van der Waals surface area contributed by atoms with E-state index < -0.39 is 5.82 Å². The number of aryl methyl sites for hydroxylation is 1. The Morgan fingerprint density at radius 2 is 2.07 bits per heavy atom. The standard InChI is InChI=1S/C20H14Cl2FN3O2/c1-26-6-2-3-17(26)20(27)25-11-13-4-5-16(22)19(18(13)23)28-15-8-12(10-24)7-14(21)9-15/h2-9H,11H2,1H3,(H,25,27). The van der Waals surface area contributed by atoms with Gasteiger partial charge in [0.1, 0.15) is 11.4 Å². The number of benzene rings is 2. The predicted molar refractivity (Wildman–Crippen MR) is 104 cm³/mol. The molecule has 0 unspecified atom stereocenters. The van der Waals surface area contributed by atoms with Gasteiger partial charge in [0.05, 0.1) is 16.7 Å². The first kappa shape index (κ1) is 19.7. The Morgan fingerprint density at radius 1 is 1.29 bits per heavy atom. The summed E-state index contributed by atoms with van der Waals surface area (Å²) in [6, 6.07) is 12.6. The fraction of sp³-hybridized carbons (Fsp3) is 0.100. The lowest BCUT2D eigenvalue weighted by Gasteiger charge is -2.13. The lowest BCUT2D eigenvalue weighted by molar-refractivity contribution is 0.0942. The summed E-state index contributed by atoms with van der Waals surface area (Å²) in [6.07, 6.45) is 1.74. The van der Waals surface area contributed by atoms with Crippen molar-refractivity contribution in [1.82, 2.24) is 9.88 Å². The maximum atomic E-state index is 14.9. The fourth-order valence-electron chi connectivity index (χ4n) is 2.57. The van der Waals surface area contributed by atoms with Gasteiger partial charge in [0.15, 0.2) is 11.6 Å². The van der Waals surface area contributed by atoms with Gasteiger partial charge in [0, 0.05) is 30.4 Å². The van der Waals surface area contributed by atoms with Crippen molar-refractivity contribution in [3.8, 4) is 17.6 Å². The minimum atomic E-state index is -0.710. The van der Waals surface area contributed by atoms with E-state index in [2.05, 4.69) is 5.32 Å². The minimum absolute atomic E-state index is 0.0495. The van der Waals surface area contributed by atoms with E-state index in [1.54, 1.807) is 29.9 Å². The van der Waals surface area contributed by atoms with Gasteiger partial charge >= 0.3 is 0 Å². The molecule has 3 aromatic rings. The van der Waals surface area contributed by atoms with Gasteiger partial charge in [0.25, 0.3) is 5.91 Å². The number of ether oxygens (including phenoxy) is 1. The van der Waals surface area contributed by atoms with Gasteiger partial charge in [-0.3, -0.25) is 4.79 Å². The van der Waals surface area contributed by atoms with Crippen molar-refractivity contribution in [2.45, 2.75) is 6.54 Å². The van der Waals surface area contributed by atoms with E-state index >= 15 is 0 Å². The van der Waals surface area contributed by atoms with Crippen LogP contribution in [0.4, 0.5) is 4.39 Å². The number of carbonyl (C=O) groups is 1. The molecule has 0 aliphatic heterocycles. The van der Waals surface area contributed by atoms with E-state index in [9.17, 15) is 9.18 Å². The summed E-state index contributed by atoms with van der Waals surface area (Å²) >= 11 is 12.0. The topological polar surface area (TPSA) is 67.1 Å². The van der Waals surface area contributed by atoms with Crippen LogP contribution in [-0.4, -0.2) is 10.5 Å². The summed E-state index contributed by atoms with van der Waals surface area (Å²) in [5.74, 6) is -1.08. The number of hydrogen-bond acceptors (Lipinski definition) is 3. The Kier molecular flexibility index (Phi) is 5.88. The molecular formula is C20H14Cl2FN3O2. The van der Waals surface area contributed by atoms with Gasteiger partial charge in [0.2, 0.25) is 0 Å². The SMILES string of the molecule is Cn1cccc1C(=O)NCc1ccc(Cl)c(Oc2cc(Cl)cc(C#N)c2)c1F. The third-order valence-corrected chi connectivity index (χ3v) is 4.48. The highest BCUT2D eigenvalue weighted by Crippen LogP contribution is 2.35. The summed E-state index contributed by atoms with van der Waals surface area (Å²) in [6.45, 7) is -0.0532. The molecule has 8 heteroatoms. The molecule has 2 aromatic carbocycles. The van der Waals surface area contributed by atoms with Crippen LogP contribution in [0.3, 0.4) is 0 Å². The molecule has 3 rings (SSSR count). The number of amides is 1. The van der Waals surface area contributed by atoms with Crippen LogP contribution >= 0.6 is 23.2 Å². The Balaban J connectivity index is 1.82. The van der Waals surface area contributed by atoms with Crippen molar-refractivity contribution in [2.24, 2.45) is 7.05 Å². The molecule has 0 aliphatic rings. The second kappa shape index (κ2) is 8.34. The highest BCUT2D eigenvalue weighted by Gasteiger charge is 2.17. The molecule has 1 heterocycles. The summed E-state index contributed by atoms with van der Waals surface area (Å²) in [5.41, 5.74) is 0.920. The van der Waals surface area contributed by atoms with E-state index in [0.717, 1.165) is 0 Å². The summed E-state index contributed by atoms with van der Waals surface area (Å²) in [4.78, 5) is 12.2. The van der Waals surface area contributed by atoms with Crippen LogP contribution in [0.25, 0.3) is 0 Å². The van der Waals surface area contributed by atoms with Crippen LogP contribution in [0, 0.1) is 17.1 Å². The quantitative estimate of drug-likeness (QED) is 0.630. The monoisotopic (exact) mass is 417 g/mol. The number of hydrogen-bond donors (Lipinski definition) is 1. The molecule has 0 fully saturated rings. The van der Waals surface area contributed by atoms with Crippen LogP contribution in [0.1, 0.15) is 21.6 Å². The number of aromatic nitrogens is 1. The minimum Gasteiger partial charge on any atom is -0.453 e. The van der Waals surface area contributed by atoms with Gasteiger partial charge < -0.3 is 14.6 Å². The number of nitrogens with zero attached hydrogens (tertiary/aromatic N) is 2. The van der Waals surface area contributed by atoms with Crippen LogP contribution in [-0.2, 0) is 13.6 Å². The van der Waals surface area contributed by atoms with Crippen molar-refractivity contribution in [1.29, 1.82) is 5.26 Å². The molecule has 1 aromatic heterocycles. The number of nitriles is 1. The fourth-order valence-corrected chi connectivity index (χ4v) is 2.98. The lowest BCUT2D eigenvalue weighted by Crippen LogP contribution is -2.25. The van der Waals surface area contributed by atoms with Crippen molar-refractivity contribution in [2.75, 3.05) is 0 Å². The van der Waals surface area contributed by atoms with Crippen LogP contribution in [0.5, 0.6) is 11.5 Å². The molecule has 0 bridgehead atoms. The molecule has 0 aliphatic carbocycles. The summed E-state index contributed by atoms with van der Waals surface area (Å²) in [7, 11) is 1.74. The lowest BCUT2D eigenvalue weighted by atomic mass is 10.2. The molecule has 28 heavy (non-hydrogen) atoms. The number of nitrogens with one attached hydrogen (secondary N) is 1. The highest BCUT2D eigenvalue weighted by atomic mass is 35.5. The van der Waals surface area contributed by atoms with Gasteiger partial charge in [-0.2, -0.15) is 5.26 Å². The first-order valence-electron chi connectivity index (χ1n) is 8.14. The third-order valence-electron chi connectivity index (χ3n) is 3.97. The molecule has 0 spiro atoms. The van der Waals surface area contributed by atoms with Crippen molar-refractivity contribution < 1.29 is 13.9 Å². The van der Waals surface area contributed by atoms with Crippen molar-refractivity contribution in [3.05, 3.63) is 81.3 Å². The maximum absolute atomic E-state index is 14.9. The molecule has 1 amide bonds. The molecular weight excluding hydrogens is 404 g/mol. The first-order chi connectivity index (χ1) is 13.4. The molecule has 0 atom stereocenters. The normalized spacial score (nSPS) is 10.4. The smallest absolute Gasteiger partial charge is 0.268 e. The van der Waals surface area contributed by atoms with Gasteiger partial charge in [-0.1, -0.05) is 29.3 Å². The first-order valence-corrected chi connectivity index (χ1v) is 8.89. The number of rotatable bonds is 5. The Labute approximate surface area is 170 Å². The molecule has 0 radical (unpaired) electrons. The number of carbonyl (C=O) groups excluding carboxylic acids is 1. The van der Waals surface area contributed by atoms with Crippen molar-refractivity contribution >= 4 is 29.1 Å². The van der Waals surface area contributed by atoms with Gasteiger partial charge in [-0.05, 0) is 36.4 Å². The predicted octanol–water partition coefficient (Wildman–Crippen LogP) is 5.06. The molecule has 142 valence electrons. The molecule has 5 nitrogen and oxygen atoms in total. The van der Waals surface area contributed by atoms with Crippen molar-refractivity contribution in [3.63, 3.8) is 0 Å². The van der Waals surface area contributed by atoms with Crippen LogP contribution < -0.4 is 10.1 Å². The Bertz CT molecular complexity index is 1090. The largest absolute Gasteiger partial charge is 0.453 e. The zero-order valence-corrected chi connectivity index (χ0v) is 16.2. The van der Waals surface area contributed by atoms with Gasteiger partial charge in [-0.25, -0.2) is 4.39 Å². The maximum Gasteiger partial charge on any atom is 0.268 e.